The number of hydrogen-bond donors (Lipinski definition) is 1. The lowest BCUT2D eigenvalue weighted by Gasteiger charge is -2.27. The highest BCUT2D eigenvalue weighted by atomic mass is 19.4. The number of piperazine rings is 1. The van der Waals surface area contributed by atoms with Gasteiger partial charge in [-0.25, -0.2) is 4.85 Å². The van der Waals surface area contributed by atoms with Crippen LogP contribution < -0.4 is 10.9 Å². The third kappa shape index (κ3) is 5.04. The Bertz CT molecular complexity index is 1400. The Morgan fingerprint density at radius 2 is 1.72 bits per heavy atom. The van der Waals surface area contributed by atoms with Crippen molar-refractivity contribution in [1.82, 2.24) is 14.8 Å². The molecule has 186 valence electrons. The monoisotopic (exact) mass is 494 g/mol. The number of pyridine rings is 1. The molecule has 6 nitrogen and oxygen atoms in total. The summed E-state index contributed by atoms with van der Waals surface area (Å²) in [5.41, 5.74) is 0.212. The summed E-state index contributed by atoms with van der Waals surface area (Å²) in [4.78, 5) is 30.7. The molecule has 0 unspecified atom stereocenters. The van der Waals surface area contributed by atoms with E-state index in [4.69, 9.17) is 6.57 Å². The van der Waals surface area contributed by atoms with E-state index in [0.29, 0.717) is 37.3 Å². The minimum Gasteiger partial charge on any atom is -0.336 e. The molecule has 1 N–H and O–H groups in total. The third-order valence-corrected chi connectivity index (χ3v) is 6.35. The SMILES string of the molecule is [C-]#[N+]c1c(C(F)(F)F)cc(-c2ccc(C(=O)N3CCNCC3)cc2)n(Cc2ccc(C)cc2C)c1=O. The van der Waals surface area contributed by atoms with Gasteiger partial charge >= 0.3 is 6.18 Å². The number of aryl methyl sites for hydroxylation is 2. The number of alkyl halides is 3. The van der Waals surface area contributed by atoms with Crippen molar-refractivity contribution in [2.45, 2.75) is 26.6 Å². The predicted molar refractivity (Wildman–Crippen MR) is 131 cm³/mol. The minimum atomic E-state index is -4.87. The number of aromatic nitrogens is 1. The van der Waals surface area contributed by atoms with Gasteiger partial charge in [0.05, 0.1) is 18.7 Å². The van der Waals surface area contributed by atoms with Crippen molar-refractivity contribution in [3.63, 3.8) is 0 Å². The number of rotatable bonds is 4. The van der Waals surface area contributed by atoms with E-state index in [1.165, 1.54) is 4.57 Å². The van der Waals surface area contributed by atoms with Gasteiger partial charge in [-0.15, -0.1) is 0 Å². The van der Waals surface area contributed by atoms with Crippen LogP contribution in [0.5, 0.6) is 0 Å². The highest BCUT2D eigenvalue weighted by Crippen LogP contribution is 2.37. The highest BCUT2D eigenvalue weighted by Gasteiger charge is 2.36. The van der Waals surface area contributed by atoms with Crippen LogP contribution in [0.1, 0.15) is 32.6 Å². The van der Waals surface area contributed by atoms with Crippen LogP contribution in [0.25, 0.3) is 16.1 Å². The molecule has 0 radical (unpaired) electrons. The summed E-state index contributed by atoms with van der Waals surface area (Å²) in [7, 11) is 0. The first kappa shape index (κ1) is 25.2. The molecule has 1 amide bonds. The van der Waals surface area contributed by atoms with E-state index in [1.54, 1.807) is 29.2 Å². The van der Waals surface area contributed by atoms with E-state index >= 15 is 0 Å². The molecule has 0 bridgehead atoms. The van der Waals surface area contributed by atoms with Crippen LogP contribution in [-0.2, 0) is 12.7 Å². The molecular formula is C27H25F3N4O2. The maximum absolute atomic E-state index is 13.8. The lowest BCUT2D eigenvalue weighted by Crippen LogP contribution is -2.46. The van der Waals surface area contributed by atoms with Crippen LogP contribution in [0.15, 0.2) is 53.3 Å². The molecule has 2 aromatic carbocycles. The maximum atomic E-state index is 13.8. The number of halogens is 3. The van der Waals surface area contributed by atoms with Gasteiger partial charge in [-0.05, 0) is 48.7 Å². The second-order valence-electron chi connectivity index (χ2n) is 8.84. The Labute approximate surface area is 206 Å². The Morgan fingerprint density at radius 3 is 2.31 bits per heavy atom. The number of carbonyl (C=O) groups is 1. The van der Waals surface area contributed by atoms with Crippen molar-refractivity contribution in [3.8, 4) is 11.3 Å². The maximum Gasteiger partial charge on any atom is 0.407 e. The lowest BCUT2D eigenvalue weighted by atomic mass is 10.0. The van der Waals surface area contributed by atoms with Gasteiger partial charge in [0.15, 0.2) is 0 Å². The van der Waals surface area contributed by atoms with Crippen LogP contribution >= 0.6 is 0 Å². The van der Waals surface area contributed by atoms with Crippen LogP contribution in [0, 0.1) is 20.4 Å². The number of nitrogens with zero attached hydrogens (tertiary/aromatic N) is 3. The fraction of sp³-hybridized carbons (Fsp3) is 0.296. The number of carbonyl (C=O) groups excluding carboxylic acids is 1. The molecule has 36 heavy (non-hydrogen) atoms. The Morgan fingerprint density at radius 1 is 1.06 bits per heavy atom. The predicted octanol–water partition coefficient (Wildman–Crippen LogP) is 4.80. The summed E-state index contributed by atoms with van der Waals surface area (Å²) >= 11 is 0. The second-order valence-corrected chi connectivity index (χ2v) is 8.84. The summed E-state index contributed by atoms with van der Waals surface area (Å²) in [5.74, 6) is -0.157. The fourth-order valence-corrected chi connectivity index (χ4v) is 4.38. The number of nitrogens with one attached hydrogen (secondary N) is 1. The van der Waals surface area contributed by atoms with E-state index in [9.17, 15) is 22.8 Å². The van der Waals surface area contributed by atoms with Crippen LogP contribution in [-0.4, -0.2) is 41.6 Å². The van der Waals surface area contributed by atoms with Crippen molar-refractivity contribution < 1.29 is 18.0 Å². The van der Waals surface area contributed by atoms with E-state index in [2.05, 4.69) is 10.2 Å². The summed E-state index contributed by atoms with van der Waals surface area (Å²) in [6, 6.07) is 12.7. The quantitative estimate of drug-likeness (QED) is 0.531. The molecule has 1 aromatic heterocycles. The molecule has 1 aliphatic heterocycles. The highest BCUT2D eigenvalue weighted by molar-refractivity contribution is 5.94. The zero-order chi connectivity index (χ0) is 26.0. The van der Waals surface area contributed by atoms with E-state index in [1.807, 2.05) is 32.0 Å². The number of hydrogen-bond acceptors (Lipinski definition) is 3. The summed E-state index contributed by atoms with van der Waals surface area (Å²) in [5, 5.41) is 3.18. The summed E-state index contributed by atoms with van der Waals surface area (Å²) in [6.45, 7) is 13.6. The van der Waals surface area contributed by atoms with Crippen molar-refractivity contribution in [3.05, 3.63) is 98.1 Å². The molecule has 1 fully saturated rings. The molecule has 2 heterocycles. The molecular weight excluding hydrogens is 469 g/mol. The van der Waals surface area contributed by atoms with Crippen LogP contribution in [0.2, 0.25) is 0 Å². The normalized spacial score (nSPS) is 13.9. The van der Waals surface area contributed by atoms with Crippen LogP contribution in [0.4, 0.5) is 18.9 Å². The first-order valence-corrected chi connectivity index (χ1v) is 11.5. The van der Waals surface area contributed by atoms with Gasteiger partial charge in [-0.3, -0.25) is 9.59 Å². The van der Waals surface area contributed by atoms with Gasteiger partial charge in [0.2, 0.25) is 0 Å². The molecule has 0 spiro atoms. The van der Waals surface area contributed by atoms with Crippen molar-refractivity contribution in [2.75, 3.05) is 26.2 Å². The number of amides is 1. The topological polar surface area (TPSA) is 58.7 Å². The van der Waals surface area contributed by atoms with E-state index < -0.39 is 23.0 Å². The zero-order valence-electron chi connectivity index (χ0n) is 19.9. The average Bonchev–Trinajstić information content (AvgIpc) is 2.86. The molecule has 4 rings (SSSR count). The Hall–Kier alpha value is -3.90. The zero-order valence-corrected chi connectivity index (χ0v) is 19.9. The molecule has 1 aliphatic rings. The number of benzene rings is 2. The first-order valence-electron chi connectivity index (χ1n) is 11.5. The third-order valence-electron chi connectivity index (χ3n) is 6.35. The van der Waals surface area contributed by atoms with Crippen molar-refractivity contribution >= 4 is 11.6 Å². The first-order chi connectivity index (χ1) is 17.1. The average molecular weight is 495 g/mol. The fourth-order valence-electron chi connectivity index (χ4n) is 4.38. The van der Waals surface area contributed by atoms with E-state index in [-0.39, 0.29) is 18.1 Å². The van der Waals surface area contributed by atoms with Crippen LogP contribution in [0.3, 0.4) is 0 Å². The van der Waals surface area contributed by atoms with Gasteiger partial charge in [-0.1, -0.05) is 35.9 Å². The van der Waals surface area contributed by atoms with E-state index in [0.717, 1.165) is 22.8 Å². The largest absolute Gasteiger partial charge is 0.407 e. The van der Waals surface area contributed by atoms with Gasteiger partial charge in [-0.2, -0.15) is 13.2 Å². The van der Waals surface area contributed by atoms with Gasteiger partial charge in [0.1, 0.15) is 0 Å². The second kappa shape index (κ2) is 9.99. The van der Waals surface area contributed by atoms with Crippen molar-refractivity contribution in [2.24, 2.45) is 0 Å². The minimum absolute atomic E-state index is 0.00238. The molecule has 0 saturated carbocycles. The molecule has 0 aliphatic carbocycles. The molecule has 9 heteroatoms. The Balaban J connectivity index is 1.83. The summed E-state index contributed by atoms with van der Waals surface area (Å²) < 4.78 is 42.6. The lowest BCUT2D eigenvalue weighted by molar-refractivity contribution is -0.136. The van der Waals surface area contributed by atoms with Gasteiger partial charge in [0, 0.05) is 37.4 Å². The van der Waals surface area contributed by atoms with Gasteiger partial charge < -0.3 is 14.8 Å². The molecule has 1 saturated heterocycles. The standard InChI is InChI=1S/C27H25F3N4O2/c1-17-4-5-21(18(2)14-17)16-34-23(15-22(27(28,29)30)24(31-3)26(34)36)19-6-8-20(9-7-19)25(35)33-12-10-32-11-13-33/h4-9,14-15,32H,10-13,16H2,1-2H3. The van der Waals surface area contributed by atoms with Gasteiger partial charge in [0.25, 0.3) is 17.2 Å². The smallest absolute Gasteiger partial charge is 0.336 e. The van der Waals surface area contributed by atoms with Crippen molar-refractivity contribution in [1.29, 1.82) is 0 Å². The summed E-state index contributed by atoms with van der Waals surface area (Å²) in [6.07, 6.45) is -4.87. The Kier molecular flexibility index (Phi) is 7.00. The molecule has 0 atom stereocenters. The molecule has 3 aromatic rings.